The zero-order valence-corrected chi connectivity index (χ0v) is 13.0. The van der Waals surface area contributed by atoms with Gasteiger partial charge < -0.3 is 9.64 Å². The van der Waals surface area contributed by atoms with Gasteiger partial charge in [0.05, 0.1) is 19.3 Å². The predicted molar refractivity (Wildman–Crippen MR) is 86.5 cm³/mol. The van der Waals surface area contributed by atoms with Crippen LogP contribution in [-0.2, 0) is 0 Å². The highest BCUT2D eigenvalue weighted by molar-refractivity contribution is 6.00. The molecule has 0 bridgehead atoms. The zero-order chi connectivity index (χ0) is 15.4. The maximum absolute atomic E-state index is 12.5. The number of nitrogens with zero attached hydrogens (tertiary/aromatic N) is 1. The van der Waals surface area contributed by atoms with Crippen LogP contribution in [0.5, 0.6) is 5.75 Å². The number of hydrogen-bond acceptors (Lipinski definition) is 3. The van der Waals surface area contributed by atoms with Crippen LogP contribution in [0.25, 0.3) is 0 Å². The maximum Gasteiger partial charge on any atom is 0.182 e. The first-order chi connectivity index (χ1) is 10.0. The molecule has 2 aromatic carbocycles. The second-order valence-electron chi connectivity index (χ2n) is 5.27. The monoisotopic (exact) mass is 283 g/mol. The summed E-state index contributed by atoms with van der Waals surface area (Å²) in [5.41, 5.74) is 3.89. The predicted octanol–water partition coefficient (Wildman–Crippen LogP) is 3.63. The smallest absolute Gasteiger partial charge is 0.182 e. The number of carbonyl (C=O) groups is 1. The van der Waals surface area contributed by atoms with Crippen molar-refractivity contribution in [3.05, 3.63) is 59.2 Å². The van der Waals surface area contributed by atoms with Crippen LogP contribution in [0.2, 0.25) is 0 Å². The normalized spacial score (nSPS) is 10.3. The molecule has 0 aromatic heterocycles. The number of anilines is 1. The van der Waals surface area contributed by atoms with Crippen LogP contribution in [0.3, 0.4) is 0 Å². The van der Waals surface area contributed by atoms with Gasteiger partial charge in [0.1, 0.15) is 5.75 Å². The number of aryl methyl sites for hydroxylation is 2. The van der Waals surface area contributed by atoms with Gasteiger partial charge in [-0.1, -0.05) is 35.9 Å². The van der Waals surface area contributed by atoms with Crippen LogP contribution in [-0.4, -0.2) is 26.5 Å². The minimum Gasteiger partial charge on any atom is -0.495 e. The van der Waals surface area contributed by atoms with E-state index in [0.29, 0.717) is 6.54 Å². The van der Waals surface area contributed by atoms with Crippen molar-refractivity contribution in [2.75, 3.05) is 25.6 Å². The Hall–Kier alpha value is -2.29. The summed E-state index contributed by atoms with van der Waals surface area (Å²) in [6, 6.07) is 13.6. The summed E-state index contributed by atoms with van der Waals surface area (Å²) in [6.45, 7) is 4.33. The van der Waals surface area contributed by atoms with Crippen molar-refractivity contribution < 1.29 is 9.53 Å². The lowest BCUT2D eigenvalue weighted by Crippen LogP contribution is -2.26. The molecular weight excluding hydrogens is 262 g/mol. The van der Waals surface area contributed by atoms with Crippen LogP contribution in [0.15, 0.2) is 42.5 Å². The van der Waals surface area contributed by atoms with Crippen LogP contribution >= 0.6 is 0 Å². The number of methoxy groups -OCH3 is 1. The van der Waals surface area contributed by atoms with Crippen molar-refractivity contribution in [2.45, 2.75) is 13.8 Å². The molecule has 3 nitrogen and oxygen atoms in total. The molecule has 2 rings (SSSR count). The van der Waals surface area contributed by atoms with Gasteiger partial charge in [0.25, 0.3) is 0 Å². The van der Waals surface area contributed by atoms with Crippen molar-refractivity contribution in [3.63, 3.8) is 0 Å². The van der Waals surface area contributed by atoms with E-state index in [9.17, 15) is 4.79 Å². The first-order valence-electron chi connectivity index (χ1n) is 6.97. The van der Waals surface area contributed by atoms with E-state index in [0.717, 1.165) is 22.6 Å². The van der Waals surface area contributed by atoms with E-state index >= 15 is 0 Å². The van der Waals surface area contributed by atoms with E-state index in [1.165, 1.54) is 5.56 Å². The second-order valence-corrected chi connectivity index (χ2v) is 5.27. The van der Waals surface area contributed by atoms with Crippen LogP contribution in [0, 0.1) is 13.8 Å². The first-order valence-corrected chi connectivity index (χ1v) is 6.97. The van der Waals surface area contributed by atoms with Gasteiger partial charge in [-0.2, -0.15) is 0 Å². The molecule has 0 aliphatic heterocycles. The fraction of sp³-hybridized carbons (Fsp3) is 0.278. The summed E-state index contributed by atoms with van der Waals surface area (Å²) in [4.78, 5) is 14.4. The highest BCUT2D eigenvalue weighted by Crippen LogP contribution is 2.26. The number of rotatable bonds is 5. The molecule has 0 fully saturated rings. The number of para-hydroxylation sites is 2. The summed E-state index contributed by atoms with van der Waals surface area (Å²) >= 11 is 0. The third-order valence-electron chi connectivity index (χ3n) is 3.56. The van der Waals surface area contributed by atoms with Crippen LogP contribution < -0.4 is 9.64 Å². The van der Waals surface area contributed by atoms with Gasteiger partial charge in [-0.15, -0.1) is 0 Å². The van der Waals surface area contributed by atoms with E-state index in [1.807, 2.05) is 68.3 Å². The maximum atomic E-state index is 12.5. The van der Waals surface area contributed by atoms with Crippen molar-refractivity contribution in [3.8, 4) is 5.75 Å². The molecule has 21 heavy (non-hydrogen) atoms. The standard InChI is InChI=1S/C18H21NO2/c1-13-9-10-15(14(2)11-13)17(20)12-19(3)16-7-5-6-8-18(16)21-4/h5-11H,12H2,1-4H3. The topological polar surface area (TPSA) is 29.5 Å². The van der Waals surface area contributed by atoms with Gasteiger partial charge >= 0.3 is 0 Å². The van der Waals surface area contributed by atoms with E-state index in [-0.39, 0.29) is 5.78 Å². The summed E-state index contributed by atoms with van der Waals surface area (Å²) in [7, 11) is 3.54. The molecule has 0 saturated carbocycles. The molecule has 0 N–H and O–H groups in total. The number of benzene rings is 2. The summed E-state index contributed by atoms with van der Waals surface area (Å²) in [6.07, 6.45) is 0. The zero-order valence-electron chi connectivity index (χ0n) is 13.0. The van der Waals surface area contributed by atoms with Gasteiger partial charge in [-0.05, 0) is 31.5 Å². The third kappa shape index (κ3) is 3.43. The lowest BCUT2D eigenvalue weighted by atomic mass is 10.0. The summed E-state index contributed by atoms with van der Waals surface area (Å²) in [5, 5.41) is 0. The molecule has 110 valence electrons. The Morgan fingerprint density at radius 1 is 1.14 bits per heavy atom. The fourth-order valence-corrected chi connectivity index (χ4v) is 2.46. The highest BCUT2D eigenvalue weighted by Gasteiger charge is 2.14. The molecule has 3 heteroatoms. The van der Waals surface area contributed by atoms with Crippen molar-refractivity contribution in [2.24, 2.45) is 0 Å². The highest BCUT2D eigenvalue weighted by atomic mass is 16.5. The number of ether oxygens (including phenoxy) is 1. The fourth-order valence-electron chi connectivity index (χ4n) is 2.46. The molecule has 0 aliphatic rings. The number of hydrogen-bond donors (Lipinski definition) is 0. The van der Waals surface area contributed by atoms with E-state index in [2.05, 4.69) is 0 Å². The largest absolute Gasteiger partial charge is 0.495 e. The Kier molecular flexibility index (Phi) is 4.63. The molecular formula is C18H21NO2. The second kappa shape index (κ2) is 6.44. The Bertz CT molecular complexity index is 649. The number of carbonyl (C=O) groups excluding carboxylic acids is 1. The average Bonchev–Trinajstić information content (AvgIpc) is 2.46. The van der Waals surface area contributed by atoms with Gasteiger partial charge in [0.15, 0.2) is 5.78 Å². The molecule has 0 heterocycles. The quantitative estimate of drug-likeness (QED) is 0.785. The molecule has 0 spiro atoms. The van der Waals surface area contributed by atoms with Gasteiger partial charge in [-0.3, -0.25) is 4.79 Å². The number of ketones is 1. The molecule has 2 aromatic rings. The lowest BCUT2D eigenvalue weighted by molar-refractivity contribution is 0.0999. The van der Waals surface area contributed by atoms with Gasteiger partial charge in [0, 0.05) is 12.6 Å². The van der Waals surface area contributed by atoms with Crippen molar-refractivity contribution in [1.82, 2.24) is 0 Å². The Labute approximate surface area is 126 Å². The van der Waals surface area contributed by atoms with E-state index in [4.69, 9.17) is 4.74 Å². The minimum atomic E-state index is 0.112. The molecule has 0 saturated heterocycles. The minimum absolute atomic E-state index is 0.112. The van der Waals surface area contributed by atoms with E-state index < -0.39 is 0 Å². The average molecular weight is 283 g/mol. The van der Waals surface area contributed by atoms with Crippen LogP contribution in [0.4, 0.5) is 5.69 Å². The molecule has 0 radical (unpaired) electrons. The van der Waals surface area contributed by atoms with Gasteiger partial charge in [-0.25, -0.2) is 0 Å². The van der Waals surface area contributed by atoms with E-state index in [1.54, 1.807) is 7.11 Å². The SMILES string of the molecule is COc1ccccc1N(C)CC(=O)c1ccc(C)cc1C. The molecule has 0 atom stereocenters. The number of Topliss-reactive ketones (excluding diaryl/α,β-unsaturated/α-hetero) is 1. The molecule has 0 unspecified atom stereocenters. The van der Waals surface area contributed by atoms with Crippen LogP contribution in [0.1, 0.15) is 21.5 Å². The summed E-state index contributed by atoms with van der Waals surface area (Å²) in [5.74, 6) is 0.884. The Balaban J connectivity index is 2.19. The first kappa shape index (κ1) is 15.1. The number of likely N-dealkylation sites (N-methyl/N-ethyl adjacent to an activating group) is 1. The molecule has 0 amide bonds. The van der Waals surface area contributed by atoms with Gasteiger partial charge in [0.2, 0.25) is 0 Å². The Morgan fingerprint density at radius 3 is 2.52 bits per heavy atom. The lowest BCUT2D eigenvalue weighted by Gasteiger charge is -2.21. The Morgan fingerprint density at radius 2 is 1.86 bits per heavy atom. The summed E-state index contributed by atoms with van der Waals surface area (Å²) < 4.78 is 5.34. The molecule has 0 aliphatic carbocycles. The third-order valence-corrected chi connectivity index (χ3v) is 3.56. The van der Waals surface area contributed by atoms with Crippen molar-refractivity contribution >= 4 is 11.5 Å². The van der Waals surface area contributed by atoms with Crippen molar-refractivity contribution in [1.29, 1.82) is 0 Å².